The quantitative estimate of drug-likeness (QED) is 0.644. The van der Waals surface area contributed by atoms with Gasteiger partial charge in [-0.2, -0.15) is 5.26 Å². The maximum Gasteiger partial charge on any atom is 0.335 e. The molecular weight excluding hydrogens is 418 g/mol. The van der Waals surface area contributed by atoms with Crippen molar-refractivity contribution in [2.75, 3.05) is 44.7 Å². The minimum atomic E-state index is -0.946. The zero-order chi connectivity index (χ0) is 21.6. The van der Waals surface area contributed by atoms with E-state index >= 15 is 0 Å². The van der Waals surface area contributed by atoms with Crippen molar-refractivity contribution in [3.63, 3.8) is 0 Å². The third kappa shape index (κ3) is 6.86. The first kappa shape index (κ1) is 24.5. The second kappa shape index (κ2) is 11.0. The highest BCUT2D eigenvalue weighted by atomic mass is 35.5. The van der Waals surface area contributed by atoms with Crippen LogP contribution in [0.2, 0.25) is 0 Å². The van der Waals surface area contributed by atoms with E-state index in [1.165, 1.54) is 0 Å². The summed E-state index contributed by atoms with van der Waals surface area (Å²) in [4.78, 5) is 15.2. The number of ether oxygens (including phenoxy) is 1. The Kier molecular flexibility index (Phi) is 8.69. The topological polar surface area (TPSA) is 97.0 Å². The lowest BCUT2D eigenvalue weighted by Gasteiger charge is -2.40. The van der Waals surface area contributed by atoms with Crippen molar-refractivity contribution < 1.29 is 19.7 Å². The molecule has 0 aliphatic carbocycles. The van der Waals surface area contributed by atoms with E-state index in [2.05, 4.69) is 11.0 Å². The van der Waals surface area contributed by atoms with E-state index in [0.717, 1.165) is 31.1 Å². The van der Waals surface area contributed by atoms with Gasteiger partial charge in [0.05, 0.1) is 22.8 Å². The van der Waals surface area contributed by atoms with Gasteiger partial charge in [-0.1, -0.05) is 0 Å². The van der Waals surface area contributed by atoms with Crippen LogP contribution in [0.3, 0.4) is 0 Å². The number of likely N-dealkylation sites (N-methyl/N-ethyl adjacent to an activating group) is 1. The van der Waals surface area contributed by atoms with E-state index in [1.807, 2.05) is 11.9 Å². The Labute approximate surface area is 188 Å². The predicted molar refractivity (Wildman–Crippen MR) is 121 cm³/mol. The maximum atomic E-state index is 11.0. The average molecular weight is 446 g/mol. The van der Waals surface area contributed by atoms with Gasteiger partial charge in [0, 0.05) is 38.9 Å². The highest BCUT2D eigenvalue weighted by molar-refractivity contribution is 5.88. The average Bonchev–Trinajstić information content (AvgIpc) is 2.75. The molecule has 0 radical (unpaired) electrons. The summed E-state index contributed by atoms with van der Waals surface area (Å²) in [6.45, 7) is 3.41. The normalized spacial score (nSPS) is 15.4. The van der Waals surface area contributed by atoms with Gasteiger partial charge in [-0.05, 0) is 61.4 Å². The highest BCUT2D eigenvalue weighted by Gasteiger charge is 2.33. The molecular formula is C23H28ClN3O4. The van der Waals surface area contributed by atoms with Crippen molar-refractivity contribution in [3.8, 4) is 11.8 Å². The summed E-state index contributed by atoms with van der Waals surface area (Å²) in [5.74, 6) is -0.198. The van der Waals surface area contributed by atoms with Crippen molar-refractivity contribution in [3.05, 3.63) is 59.7 Å². The number of carbonyl (C=O) groups is 1. The van der Waals surface area contributed by atoms with Gasteiger partial charge >= 0.3 is 5.97 Å². The van der Waals surface area contributed by atoms with E-state index in [0.29, 0.717) is 31.6 Å². The lowest BCUT2D eigenvalue weighted by atomic mass is 9.90. The summed E-state index contributed by atoms with van der Waals surface area (Å²) >= 11 is 0. The van der Waals surface area contributed by atoms with Crippen LogP contribution in [0.25, 0.3) is 0 Å². The molecule has 1 fully saturated rings. The van der Waals surface area contributed by atoms with E-state index in [1.54, 1.807) is 48.5 Å². The Morgan fingerprint density at radius 1 is 1.16 bits per heavy atom. The Hall–Kier alpha value is -2.79. The molecule has 0 bridgehead atoms. The van der Waals surface area contributed by atoms with E-state index in [9.17, 15) is 9.90 Å². The monoisotopic (exact) mass is 445 g/mol. The number of carboxylic acids is 1. The number of anilines is 1. The Bertz CT molecular complexity index is 889. The van der Waals surface area contributed by atoms with Gasteiger partial charge < -0.3 is 19.8 Å². The van der Waals surface area contributed by atoms with Gasteiger partial charge in [0.15, 0.2) is 0 Å². The third-order valence-corrected chi connectivity index (χ3v) is 5.53. The van der Waals surface area contributed by atoms with Gasteiger partial charge in [0.25, 0.3) is 0 Å². The first-order valence-corrected chi connectivity index (χ1v) is 10.0. The zero-order valence-electron chi connectivity index (χ0n) is 17.5. The van der Waals surface area contributed by atoms with Crippen LogP contribution in [0, 0.1) is 11.3 Å². The molecule has 3 rings (SSSR count). The molecule has 0 aromatic heterocycles. The summed E-state index contributed by atoms with van der Waals surface area (Å²) < 4.78 is 5.75. The van der Waals surface area contributed by atoms with Crippen molar-refractivity contribution in [2.45, 2.75) is 18.4 Å². The fourth-order valence-corrected chi connectivity index (χ4v) is 3.66. The summed E-state index contributed by atoms with van der Waals surface area (Å²) in [6, 6.07) is 15.8. The number of aromatic carboxylic acids is 1. The molecule has 2 aromatic rings. The first-order valence-electron chi connectivity index (χ1n) is 10.0. The predicted octanol–water partition coefficient (Wildman–Crippen LogP) is 3.02. The Balaban J connectivity index is 0.00000341. The fraction of sp³-hybridized carbons (Fsp3) is 0.391. The molecule has 0 spiro atoms. The number of carboxylic acid groups (broad SMARTS) is 1. The van der Waals surface area contributed by atoms with Gasteiger partial charge in [-0.3, -0.25) is 4.90 Å². The summed E-state index contributed by atoms with van der Waals surface area (Å²) in [6.07, 6.45) is 1.34. The minimum absolute atomic E-state index is 0. The molecule has 1 heterocycles. The molecule has 7 nitrogen and oxygen atoms in total. The SMILES string of the molecule is CN(CC1(O)CCN(CCOc2ccc(C#N)cc2)CC1)c1ccc(C(=O)O)cc1.Cl. The fourth-order valence-electron chi connectivity index (χ4n) is 3.66. The van der Waals surface area contributed by atoms with Crippen LogP contribution in [0.4, 0.5) is 5.69 Å². The standard InChI is InChI=1S/C23H27N3O4.ClH/c1-25(20-6-4-19(5-7-20)22(27)28)17-23(29)10-12-26(13-11-23)14-15-30-21-8-2-18(16-24)3-9-21;/h2-9,29H,10-15,17H2,1H3,(H,27,28);1H. The molecule has 0 saturated carbocycles. The summed E-state index contributed by atoms with van der Waals surface area (Å²) in [5, 5.41) is 28.8. The Morgan fingerprint density at radius 3 is 2.32 bits per heavy atom. The summed E-state index contributed by atoms with van der Waals surface area (Å²) in [7, 11) is 1.91. The number of nitriles is 1. The molecule has 0 unspecified atom stereocenters. The van der Waals surface area contributed by atoms with E-state index < -0.39 is 11.6 Å². The number of benzene rings is 2. The summed E-state index contributed by atoms with van der Waals surface area (Å²) in [5.41, 5.74) is 0.972. The highest BCUT2D eigenvalue weighted by Crippen LogP contribution is 2.25. The van der Waals surface area contributed by atoms with Crippen molar-refractivity contribution in [2.24, 2.45) is 0 Å². The van der Waals surface area contributed by atoms with Crippen LogP contribution in [-0.2, 0) is 0 Å². The van der Waals surface area contributed by atoms with Crippen LogP contribution in [0.1, 0.15) is 28.8 Å². The van der Waals surface area contributed by atoms with Gasteiger partial charge in [0.1, 0.15) is 12.4 Å². The van der Waals surface area contributed by atoms with E-state index in [-0.39, 0.29) is 18.0 Å². The van der Waals surface area contributed by atoms with Crippen molar-refractivity contribution in [1.29, 1.82) is 5.26 Å². The van der Waals surface area contributed by atoms with Crippen LogP contribution in [0.5, 0.6) is 5.75 Å². The van der Waals surface area contributed by atoms with Crippen LogP contribution >= 0.6 is 12.4 Å². The molecule has 1 aliphatic rings. The molecule has 2 aromatic carbocycles. The van der Waals surface area contributed by atoms with Crippen molar-refractivity contribution >= 4 is 24.1 Å². The molecule has 8 heteroatoms. The lowest BCUT2D eigenvalue weighted by Crippen LogP contribution is -2.51. The molecule has 1 saturated heterocycles. The number of hydrogen-bond donors (Lipinski definition) is 2. The lowest BCUT2D eigenvalue weighted by molar-refractivity contribution is -0.0162. The molecule has 0 atom stereocenters. The second-order valence-corrected chi connectivity index (χ2v) is 7.76. The number of piperidine rings is 1. The van der Waals surface area contributed by atoms with Crippen LogP contribution in [-0.4, -0.2) is 66.5 Å². The number of halogens is 1. The van der Waals surface area contributed by atoms with E-state index in [4.69, 9.17) is 15.1 Å². The number of rotatable bonds is 8. The van der Waals surface area contributed by atoms with Gasteiger partial charge in [-0.25, -0.2) is 4.79 Å². The van der Waals surface area contributed by atoms with Gasteiger partial charge in [-0.15, -0.1) is 12.4 Å². The number of nitrogens with zero attached hydrogens (tertiary/aromatic N) is 3. The number of likely N-dealkylation sites (tertiary alicyclic amines) is 1. The van der Waals surface area contributed by atoms with Crippen LogP contribution < -0.4 is 9.64 Å². The number of hydrogen-bond acceptors (Lipinski definition) is 6. The molecule has 0 amide bonds. The largest absolute Gasteiger partial charge is 0.492 e. The maximum absolute atomic E-state index is 11.0. The first-order chi connectivity index (χ1) is 14.4. The number of aliphatic hydroxyl groups is 1. The molecule has 166 valence electrons. The molecule has 31 heavy (non-hydrogen) atoms. The second-order valence-electron chi connectivity index (χ2n) is 7.76. The van der Waals surface area contributed by atoms with Gasteiger partial charge in [0.2, 0.25) is 0 Å². The van der Waals surface area contributed by atoms with Crippen molar-refractivity contribution in [1.82, 2.24) is 4.90 Å². The zero-order valence-corrected chi connectivity index (χ0v) is 18.3. The molecule has 1 aliphatic heterocycles. The Morgan fingerprint density at radius 2 is 1.77 bits per heavy atom. The smallest absolute Gasteiger partial charge is 0.335 e. The molecule has 2 N–H and O–H groups in total. The minimum Gasteiger partial charge on any atom is -0.492 e. The third-order valence-electron chi connectivity index (χ3n) is 5.53. The van der Waals surface area contributed by atoms with Crippen LogP contribution in [0.15, 0.2) is 48.5 Å².